The van der Waals surface area contributed by atoms with Crippen molar-refractivity contribution in [3.8, 4) is 5.75 Å². The van der Waals surface area contributed by atoms with Gasteiger partial charge in [0.05, 0.1) is 6.04 Å². The predicted molar refractivity (Wildman–Crippen MR) is 82.3 cm³/mol. The van der Waals surface area contributed by atoms with Gasteiger partial charge in [-0.05, 0) is 49.7 Å². The Kier molecular flexibility index (Phi) is 3.68. The van der Waals surface area contributed by atoms with Crippen molar-refractivity contribution >= 4 is 0 Å². The first-order valence-electron chi connectivity index (χ1n) is 7.31. The van der Waals surface area contributed by atoms with Crippen molar-refractivity contribution in [2.45, 2.75) is 32.4 Å². The van der Waals surface area contributed by atoms with Gasteiger partial charge in [0, 0.05) is 12.0 Å². The molecule has 3 heteroatoms. The lowest BCUT2D eigenvalue weighted by molar-refractivity contribution is 0.254. The van der Waals surface area contributed by atoms with E-state index in [2.05, 4.69) is 18.3 Å². The van der Waals surface area contributed by atoms with Gasteiger partial charge in [0.15, 0.2) is 0 Å². The summed E-state index contributed by atoms with van der Waals surface area (Å²) in [5.74, 6) is 0.782. The summed E-state index contributed by atoms with van der Waals surface area (Å²) < 4.78 is 20.0. The third kappa shape index (κ3) is 2.66. The number of nitrogens with one attached hydrogen (secondary N) is 1. The molecule has 0 aliphatic carbocycles. The summed E-state index contributed by atoms with van der Waals surface area (Å²) in [5.41, 5.74) is 3.88. The summed E-state index contributed by atoms with van der Waals surface area (Å²) in [6.45, 7) is 3.96. The number of ether oxygens (including phenoxy) is 1. The molecular formula is C18H20FNO. The van der Waals surface area contributed by atoms with Gasteiger partial charge in [0.2, 0.25) is 0 Å². The number of benzene rings is 2. The molecule has 2 aromatic rings. The molecule has 3 rings (SSSR count). The van der Waals surface area contributed by atoms with Crippen molar-refractivity contribution in [1.82, 2.24) is 5.32 Å². The minimum Gasteiger partial charge on any atom is -0.490 e. The summed E-state index contributed by atoms with van der Waals surface area (Å²) in [6.07, 6.45) is 1.13. The fourth-order valence-electron chi connectivity index (χ4n) is 2.99. The molecule has 2 unspecified atom stereocenters. The molecule has 2 aromatic carbocycles. The van der Waals surface area contributed by atoms with E-state index in [4.69, 9.17) is 4.74 Å². The number of halogens is 1. The molecule has 0 saturated carbocycles. The molecule has 1 heterocycles. The Morgan fingerprint density at radius 3 is 2.76 bits per heavy atom. The van der Waals surface area contributed by atoms with Gasteiger partial charge < -0.3 is 10.1 Å². The van der Waals surface area contributed by atoms with Crippen molar-refractivity contribution in [1.29, 1.82) is 0 Å². The smallest absolute Gasteiger partial charge is 0.128 e. The lowest BCUT2D eigenvalue weighted by Crippen LogP contribution is -2.19. The van der Waals surface area contributed by atoms with Crippen molar-refractivity contribution in [2.24, 2.45) is 0 Å². The van der Waals surface area contributed by atoms with Crippen LogP contribution in [0.5, 0.6) is 5.75 Å². The molecule has 0 amide bonds. The Morgan fingerprint density at radius 2 is 2.05 bits per heavy atom. The van der Waals surface area contributed by atoms with Crippen LogP contribution < -0.4 is 10.1 Å². The predicted octanol–water partition coefficient (Wildman–Crippen LogP) is 3.77. The topological polar surface area (TPSA) is 21.3 Å². The molecule has 1 aliphatic rings. The maximum absolute atomic E-state index is 14.2. The van der Waals surface area contributed by atoms with E-state index in [0.717, 1.165) is 23.3 Å². The molecule has 1 N–H and O–H groups in total. The third-order valence-electron chi connectivity index (χ3n) is 4.01. The summed E-state index contributed by atoms with van der Waals surface area (Å²) in [4.78, 5) is 0. The Labute approximate surface area is 125 Å². The van der Waals surface area contributed by atoms with Crippen LogP contribution in [0.4, 0.5) is 4.39 Å². The van der Waals surface area contributed by atoms with E-state index in [9.17, 15) is 4.39 Å². The molecule has 0 aromatic heterocycles. The van der Waals surface area contributed by atoms with E-state index in [1.54, 1.807) is 6.07 Å². The van der Waals surface area contributed by atoms with Crippen LogP contribution in [0.25, 0.3) is 0 Å². The lowest BCUT2D eigenvalue weighted by Gasteiger charge is -2.19. The Balaban J connectivity index is 1.99. The average molecular weight is 285 g/mol. The normalized spacial score (nSPS) is 18.2. The summed E-state index contributed by atoms with van der Waals surface area (Å²) >= 11 is 0. The zero-order chi connectivity index (χ0) is 15.0. The maximum Gasteiger partial charge on any atom is 0.128 e. The zero-order valence-corrected chi connectivity index (χ0v) is 12.6. The van der Waals surface area contributed by atoms with E-state index in [1.807, 2.05) is 38.2 Å². The second-order valence-electron chi connectivity index (χ2n) is 5.75. The van der Waals surface area contributed by atoms with Crippen molar-refractivity contribution in [2.75, 3.05) is 7.05 Å². The van der Waals surface area contributed by atoms with Crippen LogP contribution in [-0.2, 0) is 6.42 Å². The fourth-order valence-corrected chi connectivity index (χ4v) is 2.99. The van der Waals surface area contributed by atoms with Crippen molar-refractivity contribution in [3.63, 3.8) is 0 Å². The number of hydrogen-bond acceptors (Lipinski definition) is 2. The second-order valence-corrected chi connectivity index (χ2v) is 5.75. The van der Waals surface area contributed by atoms with Crippen LogP contribution >= 0.6 is 0 Å². The highest BCUT2D eigenvalue weighted by Gasteiger charge is 2.22. The van der Waals surface area contributed by atoms with Crippen LogP contribution in [-0.4, -0.2) is 13.2 Å². The third-order valence-corrected chi connectivity index (χ3v) is 4.01. The van der Waals surface area contributed by atoms with E-state index >= 15 is 0 Å². The van der Waals surface area contributed by atoms with Crippen molar-refractivity contribution < 1.29 is 9.13 Å². The van der Waals surface area contributed by atoms with Gasteiger partial charge in [-0.25, -0.2) is 4.39 Å². The van der Waals surface area contributed by atoms with E-state index in [0.29, 0.717) is 5.56 Å². The zero-order valence-electron chi connectivity index (χ0n) is 12.6. The van der Waals surface area contributed by atoms with E-state index < -0.39 is 0 Å². The van der Waals surface area contributed by atoms with Gasteiger partial charge >= 0.3 is 0 Å². The van der Waals surface area contributed by atoms with Crippen LogP contribution in [0.3, 0.4) is 0 Å². The Hall–Kier alpha value is -1.87. The Morgan fingerprint density at radius 1 is 1.24 bits per heavy atom. The second kappa shape index (κ2) is 5.49. The van der Waals surface area contributed by atoms with Crippen LogP contribution in [0.2, 0.25) is 0 Å². The molecule has 1 aliphatic heterocycles. The minimum absolute atomic E-state index is 0.146. The number of aryl methyl sites for hydroxylation is 1. The first kappa shape index (κ1) is 14.1. The molecule has 0 saturated heterocycles. The number of fused-ring (bicyclic) bond motifs is 1. The quantitative estimate of drug-likeness (QED) is 0.927. The molecule has 2 atom stereocenters. The number of hydrogen-bond donors (Lipinski definition) is 1. The summed E-state index contributed by atoms with van der Waals surface area (Å²) in [6, 6.07) is 11.4. The molecule has 110 valence electrons. The van der Waals surface area contributed by atoms with Gasteiger partial charge in [-0.15, -0.1) is 0 Å². The highest BCUT2D eigenvalue weighted by atomic mass is 19.1. The molecule has 2 nitrogen and oxygen atoms in total. The maximum atomic E-state index is 14.2. The molecule has 21 heavy (non-hydrogen) atoms. The van der Waals surface area contributed by atoms with Gasteiger partial charge in [-0.3, -0.25) is 0 Å². The van der Waals surface area contributed by atoms with E-state index in [1.165, 1.54) is 5.56 Å². The first-order chi connectivity index (χ1) is 10.1. The van der Waals surface area contributed by atoms with Gasteiger partial charge in [-0.2, -0.15) is 0 Å². The van der Waals surface area contributed by atoms with Crippen molar-refractivity contribution in [3.05, 3.63) is 64.5 Å². The van der Waals surface area contributed by atoms with E-state index in [-0.39, 0.29) is 18.0 Å². The van der Waals surface area contributed by atoms with Crippen LogP contribution in [0.15, 0.2) is 36.4 Å². The van der Waals surface area contributed by atoms with Crippen LogP contribution in [0.1, 0.15) is 35.2 Å². The average Bonchev–Trinajstić information content (AvgIpc) is 2.81. The van der Waals surface area contributed by atoms with Gasteiger partial charge in [0.1, 0.15) is 17.7 Å². The lowest BCUT2D eigenvalue weighted by atomic mass is 9.95. The molecular weight excluding hydrogens is 265 g/mol. The Bertz CT molecular complexity index is 668. The number of rotatable bonds is 3. The minimum atomic E-state index is -0.167. The molecule has 0 radical (unpaired) electrons. The van der Waals surface area contributed by atoms with Gasteiger partial charge in [-0.1, -0.05) is 24.3 Å². The monoisotopic (exact) mass is 285 g/mol. The highest BCUT2D eigenvalue weighted by molar-refractivity contribution is 5.44. The highest BCUT2D eigenvalue weighted by Crippen LogP contribution is 2.33. The summed E-state index contributed by atoms with van der Waals surface area (Å²) in [7, 11) is 1.86. The fraction of sp³-hybridized carbons (Fsp3) is 0.333. The largest absolute Gasteiger partial charge is 0.490 e. The molecule has 0 fully saturated rings. The molecule has 0 bridgehead atoms. The molecule has 0 spiro atoms. The standard InChI is InChI=1S/C18H20FNO/c1-11-4-6-15(16(19)8-11)18(20-3)13-5-7-17-14(10-13)9-12(2)21-17/h4-8,10,12,18,20H,9H2,1-3H3. The SMILES string of the molecule is CNC(c1ccc2c(c1)CC(C)O2)c1ccc(C)cc1F. The van der Waals surface area contributed by atoms with Crippen LogP contribution in [0, 0.1) is 12.7 Å². The van der Waals surface area contributed by atoms with Gasteiger partial charge in [0.25, 0.3) is 0 Å². The first-order valence-corrected chi connectivity index (χ1v) is 7.31. The summed E-state index contributed by atoms with van der Waals surface area (Å²) in [5, 5.41) is 3.22.